The molecule has 5 heteroatoms. The number of para-hydroxylation sites is 1. The Bertz CT molecular complexity index is 703. The molecule has 0 saturated heterocycles. The molecule has 0 bridgehead atoms. The minimum absolute atomic E-state index is 0.00676. The van der Waals surface area contributed by atoms with E-state index in [2.05, 4.69) is 9.97 Å². The number of benzene rings is 1. The van der Waals surface area contributed by atoms with Gasteiger partial charge in [-0.3, -0.25) is 0 Å². The first-order chi connectivity index (χ1) is 8.13. The fourth-order valence-electron chi connectivity index (χ4n) is 1.60. The van der Waals surface area contributed by atoms with E-state index < -0.39 is 5.69 Å². The van der Waals surface area contributed by atoms with E-state index in [1.807, 2.05) is 6.07 Å². The van der Waals surface area contributed by atoms with Crippen LogP contribution in [0.4, 0.5) is 0 Å². The Morgan fingerprint density at radius 1 is 1.47 bits per heavy atom. The zero-order valence-electron chi connectivity index (χ0n) is 9.06. The summed E-state index contributed by atoms with van der Waals surface area (Å²) in [5, 5.41) is 19.0. The standard InChI is InChI=1S/C12H9N3O2/c1-7(16)9(6-13)11-8-4-2-3-5-10(8)14-12(17)15-11/h2-5,16H,1H3,(H,14,15,17)/b9-7-. The lowest BCUT2D eigenvalue weighted by Crippen LogP contribution is -2.13. The van der Waals surface area contributed by atoms with E-state index in [1.165, 1.54) is 6.92 Å². The number of aliphatic hydroxyl groups excluding tert-OH is 1. The van der Waals surface area contributed by atoms with Crippen molar-refractivity contribution in [2.75, 3.05) is 0 Å². The molecule has 0 radical (unpaired) electrons. The van der Waals surface area contributed by atoms with Crippen molar-refractivity contribution in [2.24, 2.45) is 0 Å². The average molecular weight is 227 g/mol. The second kappa shape index (κ2) is 4.10. The minimum atomic E-state index is -0.548. The second-order valence-corrected chi connectivity index (χ2v) is 3.51. The molecule has 0 fully saturated rings. The van der Waals surface area contributed by atoms with E-state index in [-0.39, 0.29) is 17.0 Å². The Kier molecular flexibility index (Phi) is 2.63. The van der Waals surface area contributed by atoms with Gasteiger partial charge < -0.3 is 10.1 Å². The van der Waals surface area contributed by atoms with Crippen LogP contribution in [0, 0.1) is 11.3 Å². The smallest absolute Gasteiger partial charge is 0.346 e. The van der Waals surface area contributed by atoms with Crippen molar-refractivity contribution >= 4 is 16.5 Å². The van der Waals surface area contributed by atoms with E-state index in [1.54, 1.807) is 24.3 Å². The molecule has 0 atom stereocenters. The van der Waals surface area contributed by atoms with Gasteiger partial charge in [0.1, 0.15) is 17.4 Å². The van der Waals surface area contributed by atoms with Crippen molar-refractivity contribution in [1.29, 1.82) is 5.26 Å². The number of H-pyrrole nitrogens is 1. The van der Waals surface area contributed by atoms with E-state index >= 15 is 0 Å². The van der Waals surface area contributed by atoms with Crippen LogP contribution in [0.25, 0.3) is 16.5 Å². The van der Waals surface area contributed by atoms with Crippen LogP contribution in [0.5, 0.6) is 0 Å². The summed E-state index contributed by atoms with van der Waals surface area (Å²) in [6.45, 7) is 1.39. The van der Waals surface area contributed by atoms with Gasteiger partial charge in [0, 0.05) is 5.39 Å². The maximum atomic E-state index is 11.4. The van der Waals surface area contributed by atoms with Crippen molar-refractivity contribution in [3.63, 3.8) is 0 Å². The number of aromatic amines is 1. The number of nitriles is 1. The number of aliphatic hydroxyl groups is 1. The number of nitrogens with one attached hydrogen (secondary N) is 1. The normalized spacial score (nSPS) is 12.0. The summed E-state index contributed by atoms with van der Waals surface area (Å²) in [7, 11) is 0. The van der Waals surface area contributed by atoms with Crippen LogP contribution in [0.15, 0.2) is 34.8 Å². The van der Waals surface area contributed by atoms with Crippen molar-refractivity contribution in [3.05, 3.63) is 46.2 Å². The first kappa shape index (κ1) is 10.9. The predicted molar refractivity (Wildman–Crippen MR) is 63.2 cm³/mol. The van der Waals surface area contributed by atoms with Crippen molar-refractivity contribution in [3.8, 4) is 6.07 Å². The molecular formula is C12H9N3O2. The number of nitrogens with zero attached hydrogens (tertiary/aromatic N) is 2. The van der Waals surface area contributed by atoms with Gasteiger partial charge in [-0.25, -0.2) is 4.79 Å². The van der Waals surface area contributed by atoms with Crippen LogP contribution in [0.3, 0.4) is 0 Å². The lowest BCUT2D eigenvalue weighted by molar-refractivity contribution is 0.418. The lowest BCUT2D eigenvalue weighted by atomic mass is 10.1. The van der Waals surface area contributed by atoms with Gasteiger partial charge in [0.15, 0.2) is 0 Å². The minimum Gasteiger partial charge on any atom is -0.511 e. The molecule has 2 N–H and O–H groups in total. The summed E-state index contributed by atoms with van der Waals surface area (Å²) >= 11 is 0. The zero-order valence-corrected chi connectivity index (χ0v) is 9.06. The summed E-state index contributed by atoms with van der Waals surface area (Å²) in [6.07, 6.45) is 0. The fraction of sp³-hybridized carbons (Fsp3) is 0.0833. The number of allylic oxidation sites excluding steroid dienone is 2. The zero-order chi connectivity index (χ0) is 12.4. The Morgan fingerprint density at radius 3 is 2.82 bits per heavy atom. The Morgan fingerprint density at radius 2 is 2.18 bits per heavy atom. The molecule has 0 saturated carbocycles. The highest BCUT2D eigenvalue weighted by Gasteiger charge is 2.12. The van der Waals surface area contributed by atoms with E-state index in [4.69, 9.17) is 5.26 Å². The molecule has 5 nitrogen and oxygen atoms in total. The molecule has 0 aliphatic carbocycles. The largest absolute Gasteiger partial charge is 0.511 e. The Labute approximate surface area is 96.7 Å². The first-order valence-corrected chi connectivity index (χ1v) is 4.93. The van der Waals surface area contributed by atoms with Crippen LogP contribution >= 0.6 is 0 Å². The summed E-state index contributed by atoms with van der Waals surface area (Å²) in [4.78, 5) is 17.7. The Hall–Kier alpha value is -2.61. The molecule has 84 valence electrons. The highest BCUT2D eigenvalue weighted by atomic mass is 16.3. The quantitative estimate of drug-likeness (QED) is 0.573. The third kappa shape index (κ3) is 1.88. The molecule has 2 aromatic rings. The molecule has 1 aromatic carbocycles. The van der Waals surface area contributed by atoms with Gasteiger partial charge in [0.05, 0.1) is 11.2 Å². The number of hydrogen-bond donors (Lipinski definition) is 2. The highest BCUT2D eigenvalue weighted by molar-refractivity contribution is 5.93. The van der Waals surface area contributed by atoms with Gasteiger partial charge in [-0.1, -0.05) is 18.2 Å². The molecule has 0 spiro atoms. The molecule has 17 heavy (non-hydrogen) atoms. The predicted octanol–water partition coefficient (Wildman–Crippen LogP) is 1.74. The average Bonchev–Trinajstić information content (AvgIpc) is 2.29. The van der Waals surface area contributed by atoms with Crippen molar-refractivity contribution in [1.82, 2.24) is 9.97 Å². The topological polar surface area (TPSA) is 89.8 Å². The monoisotopic (exact) mass is 227 g/mol. The number of rotatable bonds is 1. The lowest BCUT2D eigenvalue weighted by Gasteiger charge is -2.04. The maximum Gasteiger partial charge on any atom is 0.346 e. The van der Waals surface area contributed by atoms with E-state index in [9.17, 15) is 9.90 Å². The van der Waals surface area contributed by atoms with Gasteiger partial charge in [-0.2, -0.15) is 10.2 Å². The Balaban J connectivity index is 2.92. The maximum absolute atomic E-state index is 11.4. The highest BCUT2D eigenvalue weighted by Crippen LogP contribution is 2.21. The third-order valence-electron chi connectivity index (χ3n) is 2.35. The number of fused-ring (bicyclic) bond motifs is 1. The van der Waals surface area contributed by atoms with E-state index in [0.29, 0.717) is 10.9 Å². The van der Waals surface area contributed by atoms with Crippen molar-refractivity contribution in [2.45, 2.75) is 6.92 Å². The SMILES string of the molecule is C/C(O)=C(\C#N)c1nc(=O)[nH]c2ccccc12. The van der Waals surface area contributed by atoms with Gasteiger partial charge in [-0.05, 0) is 13.0 Å². The molecular weight excluding hydrogens is 218 g/mol. The second-order valence-electron chi connectivity index (χ2n) is 3.51. The van der Waals surface area contributed by atoms with Crippen LogP contribution in [-0.2, 0) is 0 Å². The molecule has 1 heterocycles. The van der Waals surface area contributed by atoms with Crippen molar-refractivity contribution < 1.29 is 5.11 Å². The molecule has 1 aromatic heterocycles. The molecule has 0 aliphatic heterocycles. The van der Waals surface area contributed by atoms with Crippen LogP contribution in [0.1, 0.15) is 12.6 Å². The molecule has 0 aliphatic rings. The van der Waals surface area contributed by atoms with Gasteiger partial charge in [-0.15, -0.1) is 0 Å². The summed E-state index contributed by atoms with van der Waals surface area (Å²) in [5.41, 5.74) is 0.239. The molecule has 2 rings (SSSR count). The van der Waals surface area contributed by atoms with E-state index in [0.717, 1.165) is 0 Å². The number of hydrogen-bond acceptors (Lipinski definition) is 4. The first-order valence-electron chi connectivity index (χ1n) is 4.93. The van der Waals surface area contributed by atoms with Crippen LogP contribution < -0.4 is 5.69 Å². The van der Waals surface area contributed by atoms with Crippen LogP contribution in [-0.4, -0.2) is 15.1 Å². The summed E-state index contributed by atoms with van der Waals surface area (Å²) < 4.78 is 0. The fourth-order valence-corrected chi connectivity index (χ4v) is 1.60. The van der Waals surface area contributed by atoms with Gasteiger partial charge in [0.2, 0.25) is 0 Å². The molecule has 0 unspecified atom stereocenters. The van der Waals surface area contributed by atoms with Gasteiger partial charge in [0.25, 0.3) is 0 Å². The summed E-state index contributed by atoms with van der Waals surface area (Å²) in [6, 6.07) is 8.83. The third-order valence-corrected chi connectivity index (χ3v) is 2.35. The number of aromatic nitrogens is 2. The summed E-state index contributed by atoms with van der Waals surface area (Å²) in [5.74, 6) is -0.157. The van der Waals surface area contributed by atoms with Gasteiger partial charge >= 0.3 is 5.69 Å². The molecule has 0 amide bonds. The van der Waals surface area contributed by atoms with Crippen LogP contribution in [0.2, 0.25) is 0 Å².